The molecule has 0 bridgehead atoms. The van der Waals surface area contributed by atoms with Crippen molar-refractivity contribution in [3.63, 3.8) is 0 Å². The van der Waals surface area contributed by atoms with E-state index in [2.05, 4.69) is 5.16 Å². The Bertz CT molecular complexity index is 104. The topological polar surface area (TPSA) is 32.6 Å². The van der Waals surface area contributed by atoms with Gasteiger partial charge in [0.25, 0.3) is 0 Å². The molecule has 6 heavy (non-hydrogen) atoms. The Morgan fingerprint density at radius 3 is 2.50 bits per heavy atom. The first-order valence-electron chi connectivity index (χ1n) is 1.81. The van der Waals surface area contributed by atoms with E-state index in [1.54, 1.807) is 6.08 Å². The molecule has 1 aliphatic rings. The zero-order valence-electron chi connectivity index (χ0n) is 3.26. The number of rotatable bonds is 0. The van der Waals surface area contributed by atoms with Gasteiger partial charge < -0.3 is 5.21 Å². The van der Waals surface area contributed by atoms with E-state index in [0.29, 0.717) is 0 Å². The molecule has 32 valence electrons. The van der Waals surface area contributed by atoms with Crippen LogP contribution in [0.5, 0.6) is 0 Å². The predicted molar refractivity (Wildman–Crippen MR) is 23.0 cm³/mol. The smallest absolute Gasteiger partial charge is 0.0830 e. The summed E-state index contributed by atoms with van der Waals surface area (Å²) in [5.41, 5.74) is 0.773. The highest BCUT2D eigenvalue weighted by Gasteiger charge is 1.97. The van der Waals surface area contributed by atoms with E-state index in [-0.39, 0.29) is 0 Å². The van der Waals surface area contributed by atoms with Crippen molar-refractivity contribution < 1.29 is 5.21 Å². The van der Waals surface area contributed by atoms with Crippen molar-refractivity contribution in [2.24, 2.45) is 5.16 Å². The van der Waals surface area contributed by atoms with E-state index in [1.807, 2.05) is 6.08 Å². The van der Waals surface area contributed by atoms with E-state index >= 15 is 0 Å². The summed E-state index contributed by atoms with van der Waals surface area (Å²) in [6, 6.07) is 0. The summed E-state index contributed by atoms with van der Waals surface area (Å²) in [7, 11) is 0. The van der Waals surface area contributed by atoms with Gasteiger partial charge >= 0.3 is 0 Å². The van der Waals surface area contributed by atoms with Crippen LogP contribution >= 0.6 is 0 Å². The second-order valence-corrected chi connectivity index (χ2v) is 1.20. The summed E-state index contributed by atoms with van der Waals surface area (Å²) in [5, 5.41) is 10.8. The lowest BCUT2D eigenvalue weighted by atomic mass is 10.1. The van der Waals surface area contributed by atoms with Crippen LogP contribution in [-0.4, -0.2) is 10.9 Å². The van der Waals surface area contributed by atoms with Crippen LogP contribution in [0.1, 0.15) is 6.42 Å². The zero-order valence-corrected chi connectivity index (χ0v) is 3.26. The fraction of sp³-hybridized carbons (Fsp3) is 0.250. The maximum atomic E-state index is 7.92. The molecule has 0 aromatic rings. The summed E-state index contributed by atoms with van der Waals surface area (Å²) in [6.07, 6.45) is 4.55. The minimum absolute atomic E-state index is 0.773. The van der Waals surface area contributed by atoms with Gasteiger partial charge in [0.1, 0.15) is 0 Å². The van der Waals surface area contributed by atoms with Gasteiger partial charge in [-0.1, -0.05) is 11.2 Å². The standard InChI is InChI=1S/C4H5NO/c6-5-4-2-1-3-4/h1-2,6H,3H2/b5-4-. The molecule has 0 heterocycles. The summed E-state index contributed by atoms with van der Waals surface area (Å²) in [4.78, 5) is 0. The van der Waals surface area contributed by atoms with Crippen LogP contribution < -0.4 is 0 Å². The number of nitrogens with zero attached hydrogens (tertiary/aromatic N) is 1. The molecule has 2 heteroatoms. The van der Waals surface area contributed by atoms with Crippen LogP contribution in [0.4, 0.5) is 0 Å². The molecule has 1 N–H and O–H groups in total. The Hall–Kier alpha value is -0.790. The van der Waals surface area contributed by atoms with Gasteiger partial charge in [-0.3, -0.25) is 0 Å². The van der Waals surface area contributed by atoms with E-state index in [9.17, 15) is 0 Å². The fourth-order valence-corrected chi connectivity index (χ4v) is 0.297. The lowest BCUT2D eigenvalue weighted by molar-refractivity contribution is 0.318. The Morgan fingerprint density at radius 1 is 1.83 bits per heavy atom. The zero-order chi connectivity index (χ0) is 4.41. The Balaban J connectivity index is 2.60. The highest BCUT2D eigenvalue weighted by molar-refractivity contribution is 6.00. The van der Waals surface area contributed by atoms with E-state index < -0.39 is 0 Å². The second-order valence-electron chi connectivity index (χ2n) is 1.20. The molecule has 0 fully saturated rings. The first-order valence-corrected chi connectivity index (χ1v) is 1.81. The monoisotopic (exact) mass is 83.0 g/mol. The highest BCUT2D eigenvalue weighted by atomic mass is 16.4. The van der Waals surface area contributed by atoms with Crippen LogP contribution in [0.3, 0.4) is 0 Å². The maximum absolute atomic E-state index is 7.92. The third-order valence-electron chi connectivity index (χ3n) is 0.766. The van der Waals surface area contributed by atoms with E-state index in [0.717, 1.165) is 12.1 Å². The molecule has 0 atom stereocenters. The van der Waals surface area contributed by atoms with Gasteiger partial charge in [0.15, 0.2) is 0 Å². The second kappa shape index (κ2) is 1.12. The molecular formula is C4H5NO. The largest absolute Gasteiger partial charge is 0.411 e. The molecule has 1 rings (SSSR count). The van der Waals surface area contributed by atoms with Crippen molar-refractivity contribution >= 4 is 5.71 Å². The normalized spacial score (nSPS) is 24.3. The molecule has 0 amide bonds. The van der Waals surface area contributed by atoms with Gasteiger partial charge in [-0.2, -0.15) is 0 Å². The maximum Gasteiger partial charge on any atom is 0.0830 e. The quantitative estimate of drug-likeness (QED) is 0.340. The van der Waals surface area contributed by atoms with Crippen molar-refractivity contribution in [1.29, 1.82) is 0 Å². The molecule has 0 aromatic carbocycles. The number of hydrogen-bond donors (Lipinski definition) is 1. The molecular weight excluding hydrogens is 78.0 g/mol. The average Bonchev–Trinajstić information content (AvgIpc) is 1.31. The molecule has 0 saturated carbocycles. The fourth-order valence-electron chi connectivity index (χ4n) is 0.297. The van der Waals surface area contributed by atoms with E-state index in [4.69, 9.17) is 5.21 Å². The van der Waals surface area contributed by atoms with Crippen LogP contribution in [0, 0.1) is 0 Å². The molecule has 0 unspecified atom stereocenters. The van der Waals surface area contributed by atoms with Crippen LogP contribution in [0.2, 0.25) is 0 Å². The van der Waals surface area contributed by atoms with Crippen LogP contribution in [0.25, 0.3) is 0 Å². The Morgan fingerprint density at radius 2 is 2.50 bits per heavy atom. The molecule has 1 aliphatic carbocycles. The summed E-state index contributed by atoms with van der Waals surface area (Å²) >= 11 is 0. The van der Waals surface area contributed by atoms with Gasteiger partial charge in [-0.15, -0.1) is 0 Å². The van der Waals surface area contributed by atoms with Crippen molar-refractivity contribution in [1.82, 2.24) is 0 Å². The van der Waals surface area contributed by atoms with Gasteiger partial charge in [-0.05, 0) is 6.08 Å². The number of hydrogen-bond acceptors (Lipinski definition) is 2. The average molecular weight is 83.1 g/mol. The molecule has 2 nitrogen and oxygen atoms in total. The first-order chi connectivity index (χ1) is 2.93. The number of allylic oxidation sites excluding steroid dienone is 2. The molecule has 0 aliphatic heterocycles. The molecule has 0 spiro atoms. The molecule has 0 saturated heterocycles. The van der Waals surface area contributed by atoms with Crippen LogP contribution in [-0.2, 0) is 0 Å². The van der Waals surface area contributed by atoms with Gasteiger partial charge in [0.05, 0.1) is 5.71 Å². The lowest BCUT2D eigenvalue weighted by Gasteiger charge is -1.98. The van der Waals surface area contributed by atoms with Crippen molar-refractivity contribution in [3.8, 4) is 0 Å². The van der Waals surface area contributed by atoms with Crippen molar-refractivity contribution in [2.45, 2.75) is 6.42 Å². The SMILES string of the molecule is O/N=C1/C=CC1. The Labute approximate surface area is 35.8 Å². The predicted octanol–water partition coefficient (Wildman–Crippen LogP) is 0.776. The minimum atomic E-state index is 0.773. The van der Waals surface area contributed by atoms with Crippen molar-refractivity contribution in [3.05, 3.63) is 12.2 Å². The first kappa shape index (κ1) is 3.40. The Kier molecular flexibility index (Phi) is 0.638. The van der Waals surface area contributed by atoms with Gasteiger partial charge in [-0.25, -0.2) is 0 Å². The lowest BCUT2D eigenvalue weighted by Crippen LogP contribution is -1.98. The minimum Gasteiger partial charge on any atom is -0.411 e. The van der Waals surface area contributed by atoms with Gasteiger partial charge in [0.2, 0.25) is 0 Å². The summed E-state index contributed by atoms with van der Waals surface area (Å²) in [5.74, 6) is 0. The van der Waals surface area contributed by atoms with Gasteiger partial charge in [0, 0.05) is 6.42 Å². The molecule has 0 radical (unpaired) electrons. The molecule has 0 aromatic heterocycles. The third kappa shape index (κ3) is 0.302. The van der Waals surface area contributed by atoms with E-state index in [1.165, 1.54) is 0 Å². The summed E-state index contributed by atoms with van der Waals surface area (Å²) < 4.78 is 0. The highest BCUT2D eigenvalue weighted by Crippen LogP contribution is 2.00. The summed E-state index contributed by atoms with van der Waals surface area (Å²) in [6.45, 7) is 0. The van der Waals surface area contributed by atoms with Crippen molar-refractivity contribution in [2.75, 3.05) is 0 Å². The number of oxime groups is 1. The van der Waals surface area contributed by atoms with Crippen LogP contribution in [0.15, 0.2) is 17.3 Å². The third-order valence-corrected chi connectivity index (χ3v) is 0.766.